The third-order valence-corrected chi connectivity index (χ3v) is 3.88. The van der Waals surface area contributed by atoms with Crippen molar-refractivity contribution < 1.29 is 9.90 Å². The Morgan fingerprint density at radius 1 is 1.53 bits per heavy atom. The molecule has 1 aliphatic heterocycles. The molecular formula is C15H30N2O2. The third-order valence-electron chi connectivity index (χ3n) is 3.88. The molecule has 19 heavy (non-hydrogen) atoms. The molecule has 4 heteroatoms. The minimum atomic E-state index is -0.831. The van der Waals surface area contributed by atoms with E-state index < -0.39 is 5.60 Å². The van der Waals surface area contributed by atoms with E-state index in [1.165, 1.54) is 0 Å². The first kappa shape index (κ1) is 16.4. The average Bonchev–Trinajstić information content (AvgIpc) is 2.23. The van der Waals surface area contributed by atoms with Gasteiger partial charge in [-0.15, -0.1) is 0 Å². The van der Waals surface area contributed by atoms with Crippen LogP contribution in [0.4, 0.5) is 0 Å². The first-order chi connectivity index (χ1) is 8.64. The van der Waals surface area contributed by atoms with Gasteiger partial charge in [0.15, 0.2) is 0 Å². The van der Waals surface area contributed by atoms with E-state index in [9.17, 15) is 9.90 Å². The minimum absolute atomic E-state index is 0.00808. The fourth-order valence-corrected chi connectivity index (χ4v) is 2.99. The highest BCUT2D eigenvalue weighted by atomic mass is 16.3. The van der Waals surface area contributed by atoms with Gasteiger partial charge in [-0.3, -0.25) is 4.79 Å². The van der Waals surface area contributed by atoms with E-state index in [4.69, 9.17) is 0 Å². The number of nitrogens with one attached hydrogen (secondary N) is 2. The zero-order valence-corrected chi connectivity index (χ0v) is 13.0. The maximum atomic E-state index is 12.3. The van der Waals surface area contributed by atoms with E-state index in [2.05, 4.69) is 38.3 Å². The van der Waals surface area contributed by atoms with Gasteiger partial charge in [0, 0.05) is 6.54 Å². The molecule has 0 aliphatic carbocycles. The van der Waals surface area contributed by atoms with E-state index >= 15 is 0 Å². The van der Waals surface area contributed by atoms with E-state index in [1.54, 1.807) is 6.92 Å². The second kappa shape index (κ2) is 6.23. The highest BCUT2D eigenvalue weighted by Gasteiger charge is 2.37. The lowest BCUT2D eigenvalue weighted by atomic mass is 9.77. The Morgan fingerprint density at radius 2 is 2.16 bits per heavy atom. The normalized spacial score (nSPS) is 25.9. The van der Waals surface area contributed by atoms with Gasteiger partial charge in [-0.1, -0.05) is 27.7 Å². The third kappa shape index (κ3) is 5.11. The van der Waals surface area contributed by atoms with Crippen molar-refractivity contribution in [3.05, 3.63) is 0 Å². The summed E-state index contributed by atoms with van der Waals surface area (Å²) in [5.74, 6) is 0.421. The van der Waals surface area contributed by atoms with Gasteiger partial charge in [0.05, 0.1) is 11.6 Å². The lowest BCUT2D eigenvalue weighted by Crippen LogP contribution is -2.57. The molecule has 0 radical (unpaired) electrons. The summed E-state index contributed by atoms with van der Waals surface area (Å²) < 4.78 is 0. The summed E-state index contributed by atoms with van der Waals surface area (Å²) in [5.41, 5.74) is -0.852. The monoisotopic (exact) mass is 270 g/mol. The molecule has 1 aliphatic rings. The van der Waals surface area contributed by atoms with Crippen molar-refractivity contribution in [1.82, 2.24) is 10.6 Å². The molecule has 1 fully saturated rings. The second-order valence-corrected chi connectivity index (χ2v) is 7.29. The summed E-state index contributed by atoms with van der Waals surface area (Å²) in [5, 5.41) is 16.4. The second-order valence-electron chi connectivity index (χ2n) is 7.29. The fraction of sp³-hybridized carbons (Fsp3) is 0.933. The van der Waals surface area contributed by atoms with Gasteiger partial charge in [-0.2, -0.15) is 0 Å². The lowest BCUT2D eigenvalue weighted by Gasteiger charge is -2.38. The predicted molar refractivity (Wildman–Crippen MR) is 77.9 cm³/mol. The molecule has 1 saturated heterocycles. The van der Waals surface area contributed by atoms with Crippen LogP contribution in [0, 0.1) is 11.3 Å². The standard InChI is InChI=1S/C15H30N2O2/c1-11(2)9-15(5,19)10-17-13(18)12-14(3,4)7-6-8-16-12/h11-12,16,19H,6-10H2,1-5H3,(H,17,18). The number of hydrogen-bond acceptors (Lipinski definition) is 3. The van der Waals surface area contributed by atoms with Crippen molar-refractivity contribution in [3.8, 4) is 0 Å². The van der Waals surface area contributed by atoms with Crippen LogP contribution in [0.3, 0.4) is 0 Å². The number of aliphatic hydroxyl groups is 1. The fourth-order valence-electron chi connectivity index (χ4n) is 2.99. The van der Waals surface area contributed by atoms with Crippen molar-refractivity contribution in [3.63, 3.8) is 0 Å². The summed E-state index contributed by atoms with van der Waals surface area (Å²) in [6.07, 6.45) is 2.86. The summed E-state index contributed by atoms with van der Waals surface area (Å²) in [6, 6.07) is -0.156. The first-order valence-corrected chi connectivity index (χ1v) is 7.37. The molecule has 1 rings (SSSR count). The Balaban J connectivity index is 2.50. The molecule has 0 bridgehead atoms. The van der Waals surface area contributed by atoms with Crippen LogP contribution in [0.2, 0.25) is 0 Å². The molecule has 4 nitrogen and oxygen atoms in total. The highest BCUT2D eigenvalue weighted by molar-refractivity contribution is 5.82. The minimum Gasteiger partial charge on any atom is -0.388 e. The van der Waals surface area contributed by atoms with Crippen molar-refractivity contribution >= 4 is 5.91 Å². The number of rotatable bonds is 5. The van der Waals surface area contributed by atoms with E-state index in [0.29, 0.717) is 18.9 Å². The molecule has 0 saturated carbocycles. The number of piperidine rings is 1. The van der Waals surface area contributed by atoms with Crippen molar-refractivity contribution in [1.29, 1.82) is 0 Å². The Morgan fingerprint density at radius 3 is 2.68 bits per heavy atom. The molecular weight excluding hydrogens is 240 g/mol. The molecule has 2 unspecified atom stereocenters. The first-order valence-electron chi connectivity index (χ1n) is 7.37. The summed E-state index contributed by atoms with van der Waals surface area (Å²) in [6.45, 7) is 11.4. The molecule has 0 aromatic rings. The lowest BCUT2D eigenvalue weighted by molar-refractivity contribution is -0.128. The zero-order chi connectivity index (χ0) is 14.7. The number of carbonyl (C=O) groups excluding carboxylic acids is 1. The van der Waals surface area contributed by atoms with Crippen LogP contribution in [0.15, 0.2) is 0 Å². The van der Waals surface area contributed by atoms with Gasteiger partial charge in [0.2, 0.25) is 5.91 Å². The molecule has 3 N–H and O–H groups in total. The van der Waals surface area contributed by atoms with Crippen LogP contribution in [0.25, 0.3) is 0 Å². The van der Waals surface area contributed by atoms with Gasteiger partial charge < -0.3 is 15.7 Å². The molecule has 1 heterocycles. The largest absolute Gasteiger partial charge is 0.388 e. The predicted octanol–water partition coefficient (Wildman–Crippen LogP) is 1.68. The van der Waals surface area contributed by atoms with Crippen LogP contribution in [0.1, 0.15) is 53.9 Å². The Kier molecular flexibility index (Phi) is 5.39. The van der Waals surface area contributed by atoms with Crippen LogP contribution < -0.4 is 10.6 Å². The summed E-state index contributed by atoms with van der Waals surface area (Å²) in [4.78, 5) is 12.3. The average molecular weight is 270 g/mol. The van der Waals surface area contributed by atoms with Crippen LogP contribution in [0.5, 0.6) is 0 Å². The van der Waals surface area contributed by atoms with Gasteiger partial charge in [-0.05, 0) is 44.1 Å². The van der Waals surface area contributed by atoms with Gasteiger partial charge in [-0.25, -0.2) is 0 Å². The van der Waals surface area contributed by atoms with Crippen LogP contribution >= 0.6 is 0 Å². The van der Waals surface area contributed by atoms with Crippen molar-refractivity contribution in [2.75, 3.05) is 13.1 Å². The van der Waals surface area contributed by atoms with E-state index in [1.807, 2.05) is 0 Å². The maximum absolute atomic E-state index is 12.3. The van der Waals surface area contributed by atoms with Crippen LogP contribution in [-0.2, 0) is 4.79 Å². The molecule has 0 spiro atoms. The van der Waals surface area contributed by atoms with Crippen molar-refractivity contribution in [2.45, 2.75) is 65.5 Å². The Hall–Kier alpha value is -0.610. The van der Waals surface area contributed by atoms with Gasteiger partial charge in [0.25, 0.3) is 0 Å². The molecule has 2 atom stereocenters. The summed E-state index contributed by atoms with van der Waals surface area (Å²) >= 11 is 0. The number of hydrogen-bond donors (Lipinski definition) is 3. The Labute approximate surface area is 117 Å². The molecule has 0 aromatic heterocycles. The van der Waals surface area contributed by atoms with Crippen molar-refractivity contribution in [2.24, 2.45) is 11.3 Å². The highest BCUT2D eigenvalue weighted by Crippen LogP contribution is 2.30. The topological polar surface area (TPSA) is 61.4 Å². The quantitative estimate of drug-likeness (QED) is 0.712. The molecule has 0 aromatic carbocycles. The zero-order valence-electron chi connectivity index (χ0n) is 13.0. The smallest absolute Gasteiger partial charge is 0.237 e. The Bertz CT molecular complexity index is 311. The van der Waals surface area contributed by atoms with Gasteiger partial charge in [0.1, 0.15) is 0 Å². The molecule has 112 valence electrons. The van der Waals surface area contributed by atoms with Crippen LogP contribution in [-0.4, -0.2) is 35.7 Å². The van der Waals surface area contributed by atoms with Gasteiger partial charge >= 0.3 is 0 Å². The maximum Gasteiger partial charge on any atom is 0.237 e. The SMILES string of the molecule is CC(C)CC(C)(O)CNC(=O)C1NCCCC1(C)C. The summed E-state index contributed by atoms with van der Waals surface area (Å²) in [7, 11) is 0. The van der Waals surface area contributed by atoms with E-state index in [0.717, 1.165) is 19.4 Å². The number of carbonyl (C=O) groups is 1. The number of amides is 1. The molecule has 1 amide bonds. The van der Waals surface area contributed by atoms with E-state index in [-0.39, 0.29) is 17.4 Å².